The molecule has 1 heterocycles. The van der Waals surface area contributed by atoms with Crippen molar-refractivity contribution >= 4 is 39.3 Å². The number of phenolic OH excluding ortho intramolecular Hbond substituents is 1. The molecule has 17 heavy (non-hydrogen) atoms. The van der Waals surface area contributed by atoms with Crippen LogP contribution in [-0.4, -0.2) is 28.2 Å². The number of rotatable bonds is 2. The predicted octanol–water partition coefficient (Wildman–Crippen LogP) is 2.38. The molecule has 0 spiro atoms. The van der Waals surface area contributed by atoms with E-state index in [0.717, 1.165) is 28.1 Å². The monoisotopic (exact) mass is 314 g/mol. The van der Waals surface area contributed by atoms with Crippen molar-refractivity contribution in [3.8, 4) is 5.75 Å². The Morgan fingerprint density at radius 3 is 3.06 bits per heavy atom. The molecule has 1 saturated heterocycles. The number of hydrazone groups is 1. The average molecular weight is 315 g/mol. The molecule has 1 aromatic rings. The second-order valence-electron chi connectivity index (χ2n) is 3.58. The minimum atomic E-state index is -0.395. The fraction of sp³-hybridized carbons (Fsp3) is 0.273. The largest absolute Gasteiger partial charge is 0.507 e. The highest BCUT2D eigenvalue weighted by molar-refractivity contribution is 9.10. The third-order valence-electron chi connectivity index (χ3n) is 2.32. The lowest BCUT2D eigenvalue weighted by Gasteiger charge is -2.04. The van der Waals surface area contributed by atoms with Gasteiger partial charge in [0.1, 0.15) is 5.75 Å². The van der Waals surface area contributed by atoms with Crippen LogP contribution >= 0.6 is 27.7 Å². The van der Waals surface area contributed by atoms with E-state index < -0.39 is 5.91 Å². The van der Waals surface area contributed by atoms with Crippen molar-refractivity contribution in [3.05, 3.63) is 28.2 Å². The number of hydrogen-bond acceptors (Lipinski definition) is 4. The third-order valence-corrected chi connectivity index (χ3v) is 3.85. The number of carbonyl (C=O) groups excluding carboxylic acids is 1. The van der Waals surface area contributed by atoms with Gasteiger partial charge in [-0.15, -0.1) is 0 Å². The fourth-order valence-electron chi connectivity index (χ4n) is 1.42. The first kappa shape index (κ1) is 12.4. The summed E-state index contributed by atoms with van der Waals surface area (Å²) in [5.74, 6) is 1.47. The number of thioether (sulfide) groups is 1. The van der Waals surface area contributed by atoms with Gasteiger partial charge in [-0.1, -0.05) is 15.9 Å². The molecule has 0 radical (unpaired) electrons. The summed E-state index contributed by atoms with van der Waals surface area (Å²) in [5, 5.41) is 13.6. The maximum Gasteiger partial charge on any atom is 0.275 e. The Bertz CT molecular complexity index is 469. The SMILES string of the molecule is O=C(NN=C1CCSC1)c1cc(Br)ccc1O. The normalized spacial score (nSPS) is 17.4. The van der Waals surface area contributed by atoms with E-state index in [1.54, 1.807) is 23.9 Å². The molecule has 0 atom stereocenters. The summed E-state index contributed by atoms with van der Waals surface area (Å²) in [6.07, 6.45) is 0.912. The number of nitrogens with zero attached hydrogens (tertiary/aromatic N) is 1. The smallest absolute Gasteiger partial charge is 0.275 e. The zero-order chi connectivity index (χ0) is 12.3. The number of carbonyl (C=O) groups is 1. The molecule has 0 saturated carbocycles. The van der Waals surface area contributed by atoms with Gasteiger partial charge in [-0.05, 0) is 30.4 Å². The van der Waals surface area contributed by atoms with Gasteiger partial charge in [-0.3, -0.25) is 4.79 Å². The first-order valence-corrected chi connectivity index (χ1v) is 7.03. The van der Waals surface area contributed by atoms with E-state index >= 15 is 0 Å². The number of aromatic hydroxyl groups is 1. The molecular formula is C11H11BrN2O2S. The first-order valence-electron chi connectivity index (χ1n) is 5.09. The van der Waals surface area contributed by atoms with E-state index in [2.05, 4.69) is 26.5 Å². The van der Waals surface area contributed by atoms with Gasteiger partial charge in [0, 0.05) is 15.9 Å². The summed E-state index contributed by atoms with van der Waals surface area (Å²) in [6, 6.07) is 4.71. The van der Waals surface area contributed by atoms with Gasteiger partial charge >= 0.3 is 0 Å². The van der Waals surface area contributed by atoms with Crippen LogP contribution in [0.3, 0.4) is 0 Å². The lowest BCUT2D eigenvalue weighted by atomic mass is 10.2. The van der Waals surface area contributed by atoms with Gasteiger partial charge in [0.2, 0.25) is 0 Å². The average Bonchev–Trinajstić information content (AvgIpc) is 2.82. The van der Waals surface area contributed by atoms with Gasteiger partial charge in [0.05, 0.1) is 5.56 Å². The number of phenols is 1. The van der Waals surface area contributed by atoms with Crippen LogP contribution < -0.4 is 5.43 Å². The Morgan fingerprint density at radius 2 is 2.35 bits per heavy atom. The Kier molecular flexibility index (Phi) is 4.06. The van der Waals surface area contributed by atoms with Gasteiger partial charge in [0.25, 0.3) is 5.91 Å². The third kappa shape index (κ3) is 3.23. The van der Waals surface area contributed by atoms with Crippen LogP contribution in [0.25, 0.3) is 0 Å². The molecule has 1 aromatic carbocycles. The molecule has 0 aromatic heterocycles. The summed E-state index contributed by atoms with van der Waals surface area (Å²) in [6.45, 7) is 0. The summed E-state index contributed by atoms with van der Waals surface area (Å²) in [4.78, 5) is 11.8. The van der Waals surface area contributed by atoms with Gasteiger partial charge < -0.3 is 5.11 Å². The number of nitrogens with one attached hydrogen (secondary N) is 1. The van der Waals surface area contributed by atoms with Crippen LogP contribution in [0.1, 0.15) is 16.8 Å². The van der Waals surface area contributed by atoms with Crippen LogP contribution in [0.5, 0.6) is 5.75 Å². The number of benzene rings is 1. The Morgan fingerprint density at radius 1 is 1.53 bits per heavy atom. The second kappa shape index (κ2) is 5.55. The van der Waals surface area contributed by atoms with Gasteiger partial charge in [0.15, 0.2) is 0 Å². The minimum Gasteiger partial charge on any atom is -0.507 e. The molecule has 2 N–H and O–H groups in total. The topological polar surface area (TPSA) is 61.7 Å². The van der Waals surface area contributed by atoms with Crippen molar-refractivity contribution in [1.29, 1.82) is 0 Å². The highest BCUT2D eigenvalue weighted by Gasteiger charge is 2.13. The van der Waals surface area contributed by atoms with Crippen molar-refractivity contribution in [2.75, 3.05) is 11.5 Å². The molecule has 0 unspecified atom stereocenters. The molecule has 1 amide bonds. The van der Waals surface area contributed by atoms with E-state index in [4.69, 9.17) is 0 Å². The summed E-state index contributed by atoms with van der Waals surface area (Å²) >= 11 is 5.05. The zero-order valence-corrected chi connectivity index (χ0v) is 11.3. The highest BCUT2D eigenvalue weighted by Crippen LogP contribution is 2.21. The standard InChI is InChI=1S/C11H11BrN2O2S/c12-7-1-2-10(15)9(5-7)11(16)14-13-8-3-4-17-6-8/h1-2,5,15H,3-4,6H2,(H,14,16). The number of amides is 1. The second-order valence-corrected chi connectivity index (χ2v) is 5.60. The molecule has 1 aliphatic heterocycles. The van der Waals surface area contributed by atoms with Crippen molar-refractivity contribution in [1.82, 2.24) is 5.43 Å². The van der Waals surface area contributed by atoms with E-state index in [-0.39, 0.29) is 11.3 Å². The maximum absolute atomic E-state index is 11.8. The molecule has 0 bridgehead atoms. The summed E-state index contributed by atoms with van der Waals surface area (Å²) in [5.41, 5.74) is 3.66. The van der Waals surface area contributed by atoms with Crippen LogP contribution in [0.2, 0.25) is 0 Å². The van der Waals surface area contributed by atoms with Crippen molar-refractivity contribution in [3.63, 3.8) is 0 Å². The molecule has 0 aliphatic carbocycles. The van der Waals surface area contributed by atoms with Crippen LogP contribution in [0, 0.1) is 0 Å². The molecule has 6 heteroatoms. The van der Waals surface area contributed by atoms with E-state index in [9.17, 15) is 9.90 Å². The molecule has 2 rings (SSSR count). The quantitative estimate of drug-likeness (QED) is 0.824. The van der Waals surface area contributed by atoms with Crippen molar-refractivity contribution < 1.29 is 9.90 Å². The fourth-order valence-corrected chi connectivity index (χ4v) is 2.75. The van der Waals surface area contributed by atoms with Crippen molar-refractivity contribution in [2.24, 2.45) is 5.10 Å². The zero-order valence-electron chi connectivity index (χ0n) is 8.94. The summed E-state index contributed by atoms with van der Waals surface area (Å²) < 4.78 is 0.740. The molecule has 1 aliphatic rings. The number of hydrogen-bond donors (Lipinski definition) is 2. The van der Waals surface area contributed by atoms with E-state index in [1.165, 1.54) is 6.07 Å². The predicted molar refractivity (Wildman–Crippen MR) is 72.7 cm³/mol. The lowest BCUT2D eigenvalue weighted by molar-refractivity contribution is 0.0952. The number of halogens is 1. The Labute approximate surface area is 112 Å². The molecular weight excluding hydrogens is 304 g/mol. The van der Waals surface area contributed by atoms with Crippen LogP contribution in [-0.2, 0) is 0 Å². The molecule has 1 fully saturated rings. The first-order chi connectivity index (χ1) is 8.16. The maximum atomic E-state index is 11.8. The van der Waals surface area contributed by atoms with E-state index in [1.807, 2.05) is 0 Å². The Balaban J connectivity index is 2.09. The van der Waals surface area contributed by atoms with Gasteiger partial charge in [-0.2, -0.15) is 16.9 Å². The summed E-state index contributed by atoms with van der Waals surface area (Å²) in [7, 11) is 0. The van der Waals surface area contributed by atoms with Crippen molar-refractivity contribution in [2.45, 2.75) is 6.42 Å². The Hall–Kier alpha value is -1.01. The highest BCUT2D eigenvalue weighted by atomic mass is 79.9. The molecule has 90 valence electrons. The molecule has 4 nitrogen and oxygen atoms in total. The van der Waals surface area contributed by atoms with Crippen LogP contribution in [0.15, 0.2) is 27.8 Å². The van der Waals surface area contributed by atoms with Gasteiger partial charge in [-0.25, -0.2) is 5.43 Å². The minimum absolute atomic E-state index is 0.0494. The van der Waals surface area contributed by atoms with Crippen LogP contribution in [0.4, 0.5) is 0 Å². The van der Waals surface area contributed by atoms with E-state index in [0.29, 0.717) is 0 Å². The lowest BCUT2D eigenvalue weighted by Crippen LogP contribution is -2.19.